The standard InChI is InChI=1S/C6H4F2NO.ClH.Mg/c7-6(8)10-5-2-1-3-9-4-5;;/h1-2,4,6H;1H;/q-1;;+2/p-1. The summed E-state index contributed by atoms with van der Waals surface area (Å²) >= 11 is 0. The van der Waals surface area contributed by atoms with E-state index in [9.17, 15) is 8.78 Å². The number of aromatic nitrogens is 1. The van der Waals surface area contributed by atoms with Crippen LogP contribution in [0, 0.1) is 6.20 Å². The van der Waals surface area contributed by atoms with Crippen LogP contribution in [0.15, 0.2) is 18.3 Å². The van der Waals surface area contributed by atoms with Gasteiger partial charge in [-0.3, -0.25) is 0 Å². The molecule has 62 valence electrons. The van der Waals surface area contributed by atoms with Crippen LogP contribution in [-0.2, 0) is 0 Å². The molecule has 0 atom stereocenters. The Labute approximate surface area is 90.9 Å². The van der Waals surface area contributed by atoms with E-state index in [2.05, 4.69) is 15.9 Å². The molecule has 0 aliphatic carbocycles. The summed E-state index contributed by atoms with van der Waals surface area (Å²) in [4.78, 5) is 3.45. The van der Waals surface area contributed by atoms with Crippen LogP contribution in [-0.4, -0.2) is 34.6 Å². The summed E-state index contributed by atoms with van der Waals surface area (Å²) in [5.74, 6) is 0.0498. The number of ether oxygens (including phenoxy) is 1. The molecule has 1 aromatic rings. The summed E-state index contributed by atoms with van der Waals surface area (Å²) in [5, 5.41) is 0. The number of hydrogen-bond donors (Lipinski definition) is 0. The van der Waals surface area contributed by atoms with Gasteiger partial charge in [0, 0.05) is 5.75 Å². The molecule has 0 N–H and O–H groups in total. The first kappa shape index (κ1) is 14.4. The Morgan fingerprint density at radius 3 is 2.58 bits per heavy atom. The van der Waals surface area contributed by atoms with Gasteiger partial charge in [0.05, 0.1) is 0 Å². The van der Waals surface area contributed by atoms with Gasteiger partial charge in [0.25, 0.3) is 0 Å². The minimum Gasteiger partial charge on any atom is -1.00 e. The van der Waals surface area contributed by atoms with Crippen LogP contribution in [0.5, 0.6) is 5.75 Å². The number of hydrogen-bond acceptors (Lipinski definition) is 2. The van der Waals surface area contributed by atoms with E-state index in [0.29, 0.717) is 0 Å². The predicted molar refractivity (Wildman–Crippen MR) is 35.5 cm³/mol. The van der Waals surface area contributed by atoms with Gasteiger partial charge in [0.15, 0.2) is 0 Å². The van der Waals surface area contributed by atoms with E-state index in [1.807, 2.05) is 0 Å². The van der Waals surface area contributed by atoms with Crippen molar-refractivity contribution in [2.45, 2.75) is 6.61 Å². The maximum Gasteiger partial charge on any atom is 2.00 e. The van der Waals surface area contributed by atoms with Crippen molar-refractivity contribution in [2.75, 3.05) is 0 Å². The van der Waals surface area contributed by atoms with E-state index in [1.165, 1.54) is 18.3 Å². The molecular formula is C6H4ClF2MgNO. The molecule has 0 aliphatic rings. The largest absolute Gasteiger partial charge is 2.00 e. The zero-order valence-electron chi connectivity index (χ0n) is 6.01. The van der Waals surface area contributed by atoms with Crippen molar-refractivity contribution < 1.29 is 25.9 Å². The van der Waals surface area contributed by atoms with Crippen molar-refractivity contribution >= 4 is 23.1 Å². The first-order valence-corrected chi connectivity index (χ1v) is 2.56. The third-order valence-corrected chi connectivity index (χ3v) is 0.814. The summed E-state index contributed by atoms with van der Waals surface area (Å²) in [6.45, 7) is -2.79. The first-order chi connectivity index (χ1) is 4.79. The molecule has 6 heteroatoms. The molecule has 1 rings (SSSR count). The van der Waals surface area contributed by atoms with E-state index in [4.69, 9.17) is 0 Å². The molecule has 0 saturated heterocycles. The van der Waals surface area contributed by atoms with Crippen LogP contribution in [0.4, 0.5) is 8.78 Å². The summed E-state index contributed by atoms with van der Waals surface area (Å²) in [5.41, 5.74) is 0. The quantitative estimate of drug-likeness (QED) is 0.414. The SMILES string of the molecule is FC(F)Oc1cc[c-]nc1.[Cl-].[Mg+2]. The normalized spacial score (nSPS) is 8.25. The molecule has 0 bridgehead atoms. The minimum atomic E-state index is -2.79. The zero-order valence-corrected chi connectivity index (χ0v) is 8.18. The molecule has 0 unspecified atom stereocenters. The number of nitrogens with zero attached hydrogens (tertiary/aromatic N) is 1. The third kappa shape index (κ3) is 5.51. The van der Waals surface area contributed by atoms with Crippen molar-refractivity contribution in [3.05, 3.63) is 24.5 Å². The molecule has 0 radical (unpaired) electrons. The Hall–Kier alpha value is -0.134. The molecule has 2 nitrogen and oxygen atoms in total. The van der Waals surface area contributed by atoms with Gasteiger partial charge in [-0.05, 0) is 6.20 Å². The monoisotopic (exact) mass is 203 g/mol. The van der Waals surface area contributed by atoms with E-state index >= 15 is 0 Å². The predicted octanol–water partition coefficient (Wildman–Crippen LogP) is -1.89. The van der Waals surface area contributed by atoms with Gasteiger partial charge in [0.1, 0.15) is 0 Å². The summed E-state index contributed by atoms with van der Waals surface area (Å²) in [7, 11) is 0. The van der Waals surface area contributed by atoms with Crippen molar-refractivity contribution in [3.63, 3.8) is 0 Å². The molecule has 0 fully saturated rings. The fourth-order valence-corrected chi connectivity index (χ4v) is 0.479. The average Bonchev–Trinajstić information content (AvgIpc) is 1.88. The van der Waals surface area contributed by atoms with Gasteiger partial charge in [-0.25, -0.2) is 0 Å². The van der Waals surface area contributed by atoms with Gasteiger partial charge in [-0.1, -0.05) is 6.20 Å². The number of halogens is 3. The fraction of sp³-hybridized carbons (Fsp3) is 0.167. The topological polar surface area (TPSA) is 22.1 Å². The Balaban J connectivity index is 0. The van der Waals surface area contributed by atoms with Crippen LogP contribution in [0.2, 0.25) is 0 Å². The van der Waals surface area contributed by atoms with Crippen LogP contribution in [0.1, 0.15) is 0 Å². The fourth-order valence-electron chi connectivity index (χ4n) is 0.479. The molecule has 0 aromatic carbocycles. The van der Waals surface area contributed by atoms with Gasteiger partial charge in [0.2, 0.25) is 0 Å². The third-order valence-electron chi connectivity index (χ3n) is 0.814. The van der Waals surface area contributed by atoms with Crippen LogP contribution in [0.3, 0.4) is 0 Å². The van der Waals surface area contributed by atoms with E-state index in [0.717, 1.165) is 0 Å². The van der Waals surface area contributed by atoms with E-state index in [-0.39, 0.29) is 41.2 Å². The van der Waals surface area contributed by atoms with Crippen molar-refractivity contribution in [2.24, 2.45) is 0 Å². The van der Waals surface area contributed by atoms with E-state index in [1.54, 1.807) is 0 Å². The smallest absolute Gasteiger partial charge is 1.00 e. The Bertz CT molecular complexity index is 200. The second-order valence-electron chi connectivity index (χ2n) is 1.50. The maximum absolute atomic E-state index is 11.5. The molecular weight excluding hydrogens is 200 g/mol. The van der Waals surface area contributed by atoms with Crippen LogP contribution >= 0.6 is 0 Å². The maximum atomic E-state index is 11.5. The van der Waals surface area contributed by atoms with Crippen molar-refractivity contribution in [3.8, 4) is 5.75 Å². The first-order valence-electron chi connectivity index (χ1n) is 2.56. The van der Waals surface area contributed by atoms with Crippen molar-refractivity contribution in [1.29, 1.82) is 0 Å². The molecule has 0 saturated carbocycles. The molecule has 1 heterocycles. The summed E-state index contributed by atoms with van der Waals surface area (Å²) in [6.07, 6.45) is 3.60. The number of pyridine rings is 1. The van der Waals surface area contributed by atoms with Gasteiger partial charge in [-0.2, -0.15) is 14.8 Å². The molecule has 0 amide bonds. The van der Waals surface area contributed by atoms with Gasteiger partial charge >= 0.3 is 29.7 Å². The van der Waals surface area contributed by atoms with Gasteiger partial charge < -0.3 is 22.1 Å². The van der Waals surface area contributed by atoms with Crippen molar-refractivity contribution in [1.82, 2.24) is 4.98 Å². The Morgan fingerprint density at radius 1 is 1.50 bits per heavy atom. The number of alkyl halides is 2. The molecule has 0 aliphatic heterocycles. The molecule has 0 spiro atoms. The molecule has 1 aromatic heterocycles. The second kappa shape index (κ2) is 7.51. The molecule has 12 heavy (non-hydrogen) atoms. The van der Waals surface area contributed by atoms with Gasteiger partial charge in [-0.15, -0.1) is 6.07 Å². The number of rotatable bonds is 2. The minimum absolute atomic E-state index is 0. The van der Waals surface area contributed by atoms with Crippen LogP contribution < -0.4 is 17.1 Å². The van der Waals surface area contributed by atoms with Crippen LogP contribution in [0.25, 0.3) is 0 Å². The average molecular weight is 204 g/mol. The Kier molecular flexibility index (Phi) is 9.01. The van der Waals surface area contributed by atoms with E-state index < -0.39 is 6.61 Å². The summed E-state index contributed by atoms with van der Waals surface area (Å²) < 4.78 is 26.9. The Morgan fingerprint density at radius 2 is 2.17 bits per heavy atom. The second-order valence-corrected chi connectivity index (χ2v) is 1.50. The zero-order chi connectivity index (χ0) is 7.40. The summed E-state index contributed by atoms with van der Waals surface area (Å²) in [6, 6.07) is 2.76.